The van der Waals surface area contributed by atoms with Gasteiger partial charge in [-0.1, -0.05) is 0 Å². The Bertz CT molecular complexity index is 538. The van der Waals surface area contributed by atoms with E-state index in [2.05, 4.69) is 0 Å². The molecule has 0 aromatic heterocycles. The smallest absolute Gasteiger partial charge is 0.335 e. The fourth-order valence-corrected chi connectivity index (χ4v) is 4.01. The van der Waals surface area contributed by atoms with Crippen molar-refractivity contribution >= 4 is 17.7 Å². The number of esters is 2. The molecule has 0 aromatic carbocycles. The summed E-state index contributed by atoms with van der Waals surface area (Å²) in [5, 5.41) is 0. The molecular weight excluding hydrogens is 274 g/mol. The summed E-state index contributed by atoms with van der Waals surface area (Å²) >= 11 is 0. The van der Waals surface area contributed by atoms with Crippen molar-refractivity contribution in [2.45, 2.75) is 38.8 Å². The molecule has 6 heteroatoms. The van der Waals surface area contributed by atoms with Gasteiger partial charge in [0.1, 0.15) is 0 Å². The molecule has 0 unspecified atom stereocenters. The number of carbonyl (C=O) groups is 3. The van der Waals surface area contributed by atoms with Gasteiger partial charge in [-0.25, -0.2) is 4.79 Å². The van der Waals surface area contributed by atoms with Crippen LogP contribution in [0.25, 0.3) is 0 Å². The van der Waals surface area contributed by atoms with Crippen molar-refractivity contribution in [1.82, 2.24) is 4.90 Å². The van der Waals surface area contributed by atoms with E-state index < -0.39 is 17.4 Å². The van der Waals surface area contributed by atoms with Crippen LogP contribution in [0.1, 0.15) is 26.7 Å². The highest BCUT2D eigenvalue weighted by molar-refractivity contribution is 6.09. The van der Waals surface area contributed by atoms with Gasteiger partial charge in [0.05, 0.1) is 19.8 Å². The van der Waals surface area contributed by atoms with Gasteiger partial charge >= 0.3 is 11.9 Å². The number of nitrogens with zero attached hydrogens (tertiary/aromatic N) is 1. The molecule has 2 bridgehead atoms. The number of fused-ring (bicyclic) bond motifs is 2. The van der Waals surface area contributed by atoms with E-state index in [1.165, 1.54) is 21.1 Å². The average Bonchev–Trinajstić information content (AvgIpc) is 2.74. The van der Waals surface area contributed by atoms with Crippen LogP contribution in [0.2, 0.25) is 0 Å². The lowest BCUT2D eigenvalue weighted by Crippen LogP contribution is -2.59. The van der Waals surface area contributed by atoms with E-state index in [1.807, 2.05) is 11.9 Å². The third-order valence-corrected chi connectivity index (χ3v) is 4.99. The Labute approximate surface area is 124 Å². The molecule has 2 aliphatic rings. The first-order valence-corrected chi connectivity index (χ1v) is 6.94. The fourth-order valence-electron chi connectivity index (χ4n) is 4.01. The van der Waals surface area contributed by atoms with E-state index in [9.17, 15) is 14.4 Å². The highest BCUT2D eigenvalue weighted by atomic mass is 16.5. The second-order valence-corrected chi connectivity index (χ2v) is 5.66. The zero-order valence-corrected chi connectivity index (χ0v) is 13.1. The molecular formula is C15H21NO5. The van der Waals surface area contributed by atoms with Crippen LogP contribution in [-0.2, 0) is 23.9 Å². The molecule has 0 saturated carbocycles. The zero-order chi connectivity index (χ0) is 15.9. The summed E-state index contributed by atoms with van der Waals surface area (Å²) in [5.41, 5.74) is -0.534. The first kappa shape index (κ1) is 15.7. The van der Waals surface area contributed by atoms with Gasteiger partial charge in [-0.05, 0) is 39.3 Å². The third-order valence-electron chi connectivity index (χ3n) is 4.99. The Hall–Kier alpha value is -1.69. The summed E-state index contributed by atoms with van der Waals surface area (Å²) in [7, 11) is 4.40. The molecule has 0 aliphatic carbocycles. The predicted molar refractivity (Wildman–Crippen MR) is 74.4 cm³/mol. The van der Waals surface area contributed by atoms with Crippen LogP contribution in [-0.4, -0.2) is 56.0 Å². The molecule has 6 nitrogen and oxygen atoms in total. The molecule has 0 radical (unpaired) electrons. The largest absolute Gasteiger partial charge is 0.468 e. The average molecular weight is 295 g/mol. The molecule has 2 rings (SSSR count). The van der Waals surface area contributed by atoms with Gasteiger partial charge in [0.2, 0.25) is 0 Å². The number of hydrogen-bond donors (Lipinski definition) is 0. The Morgan fingerprint density at radius 3 is 2.29 bits per heavy atom. The van der Waals surface area contributed by atoms with E-state index in [4.69, 9.17) is 9.47 Å². The highest BCUT2D eigenvalue weighted by Crippen LogP contribution is 2.50. The maximum atomic E-state index is 12.5. The number of ether oxygens (including phenoxy) is 2. The van der Waals surface area contributed by atoms with Crippen LogP contribution >= 0.6 is 0 Å². The molecule has 1 saturated heterocycles. The number of rotatable bonds is 3. The lowest BCUT2D eigenvalue weighted by atomic mass is 9.67. The van der Waals surface area contributed by atoms with Gasteiger partial charge in [0, 0.05) is 12.1 Å². The monoisotopic (exact) mass is 295 g/mol. The number of Topliss-reactive ketones (excluding diaryl/α,β-unsaturated/α-hetero) is 1. The summed E-state index contributed by atoms with van der Waals surface area (Å²) in [5.74, 6) is -1.39. The van der Waals surface area contributed by atoms with E-state index in [0.29, 0.717) is 17.6 Å². The Kier molecular flexibility index (Phi) is 3.93. The van der Waals surface area contributed by atoms with Gasteiger partial charge in [-0.3, -0.25) is 14.5 Å². The molecule has 0 amide bonds. The molecule has 0 aromatic rings. The standard InChI is InChI=1S/C15H21NO5/c1-8-12(13(18)20-4)10-6-7-11(16(10)3)15(8,9(2)17)14(19)21-5/h10-11H,6-7H2,1-5H3/t10-,11+,15+/m0/s1. The molecule has 2 aliphatic heterocycles. The van der Waals surface area contributed by atoms with Crippen LogP contribution in [0.4, 0.5) is 0 Å². The van der Waals surface area contributed by atoms with Crippen LogP contribution in [0.15, 0.2) is 11.1 Å². The Morgan fingerprint density at radius 2 is 1.81 bits per heavy atom. The number of hydrogen-bond acceptors (Lipinski definition) is 6. The fraction of sp³-hybridized carbons (Fsp3) is 0.667. The van der Waals surface area contributed by atoms with Crippen molar-refractivity contribution in [3.63, 3.8) is 0 Å². The summed E-state index contributed by atoms with van der Waals surface area (Å²) in [4.78, 5) is 39.0. The number of likely N-dealkylation sites (N-methyl/N-ethyl adjacent to an activating group) is 1. The quantitative estimate of drug-likeness (QED) is 0.564. The van der Waals surface area contributed by atoms with Crippen molar-refractivity contribution in [3.05, 3.63) is 11.1 Å². The molecule has 0 spiro atoms. The molecule has 3 atom stereocenters. The predicted octanol–water partition coefficient (Wildman–Crippen LogP) is 0.701. The van der Waals surface area contributed by atoms with Crippen molar-refractivity contribution in [1.29, 1.82) is 0 Å². The van der Waals surface area contributed by atoms with Crippen LogP contribution in [0.3, 0.4) is 0 Å². The Morgan fingerprint density at radius 1 is 1.19 bits per heavy atom. The van der Waals surface area contributed by atoms with Crippen LogP contribution in [0, 0.1) is 5.41 Å². The van der Waals surface area contributed by atoms with Gasteiger partial charge in [-0.2, -0.15) is 0 Å². The van der Waals surface area contributed by atoms with Gasteiger partial charge in [0.15, 0.2) is 11.2 Å². The number of methoxy groups -OCH3 is 2. The van der Waals surface area contributed by atoms with E-state index in [0.717, 1.165) is 6.42 Å². The SMILES string of the molecule is COC(=O)C1=C(C)[C@](C(C)=O)(C(=O)OC)[C@H]2CC[C@@H]1N2C. The molecule has 1 fully saturated rings. The summed E-state index contributed by atoms with van der Waals surface area (Å²) in [6, 6.07) is -0.388. The van der Waals surface area contributed by atoms with Crippen molar-refractivity contribution < 1.29 is 23.9 Å². The summed E-state index contributed by atoms with van der Waals surface area (Å²) < 4.78 is 9.77. The summed E-state index contributed by atoms with van der Waals surface area (Å²) in [6.07, 6.45) is 1.38. The minimum Gasteiger partial charge on any atom is -0.468 e. The van der Waals surface area contributed by atoms with Gasteiger partial charge in [0.25, 0.3) is 0 Å². The zero-order valence-electron chi connectivity index (χ0n) is 13.1. The lowest BCUT2D eigenvalue weighted by molar-refractivity contribution is -0.159. The van der Waals surface area contributed by atoms with Crippen molar-refractivity contribution in [3.8, 4) is 0 Å². The van der Waals surface area contributed by atoms with E-state index in [1.54, 1.807) is 6.92 Å². The van der Waals surface area contributed by atoms with Crippen LogP contribution < -0.4 is 0 Å². The van der Waals surface area contributed by atoms with E-state index in [-0.39, 0.29) is 17.9 Å². The maximum absolute atomic E-state index is 12.5. The second-order valence-electron chi connectivity index (χ2n) is 5.66. The highest BCUT2D eigenvalue weighted by Gasteiger charge is 2.62. The van der Waals surface area contributed by atoms with Crippen molar-refractivity contribution in [2.75, 3.05) is 21.3 Å². The normalized spacial score (nSPS) is 32.0. The molecule has 21 heavy (non-hydrogen) atoms. The number of carbonyl (C=O) groups excluding carboxylic acids is 3. The molecule has 2 heterocycles. The second kappa shape index (κ2) is 5.26. The topological polar surface area (TPSA) is 72.9 Å². The maximum Gasteiger partial charge on any atom is 0.335 e. The summed E-state index contributed by atoms with van der Waals surface area (Å²) in [6.45, 7) is 3.05. The van der Waals surface area contributed by atoms with Gasteiger partial charge in [-0.15, -0.1) is 0 Å². The molecule has 0 N–H and O–H groups in total. The van der Waals surface area contributed by atoms with E-state index >= 15 is 0 Å². The van der Waals surface area contributed by atoms with Crippen molar-refractivity contribution in [2.24, 2.45) is 5.41 Å². The minimum atomic E-state index is -1.42. The third kappa shape index (κ3) is 1.85. The first-order chi connectivity index (χ1) is 9.83. The van der Waals surface area contributed by atoms with Gasteiger partial charge < -0.3 is 9.47 Å². The lowest BCUT2D eigenvalue weighted by Gasteiger charge is -2.45. The first-order valence-electron chi connectivity index (χ1n) is 6.94. The minimum absolute atomic E-state index is 0.111. The molecule has 116 valence electrons. The number of ketones is 1. The Balaban J connectivity index is 2.76. The van der Waals surface area contributed by atoms with Crippen LogP contribution in [0.5, 0.6) is 0 Å².